The molecule has 96 valence electrons. The number of nitrogens with one attached hydrogen (secondary N) is 1. The van der Waals surface area contributed by atoms with Gasteiger partial charge in [0.15, 0.2) is 0 Å². The van der Waals surface area contributed by atoms with Crippen LogP contribution in [0.25, 0.3) is 0 Å². The summed E-state index contributed by atoms with van der Waals surface area (Å²) in [6.45, 7) is 0.809. The molecule has 0 radical (unpaired) electrons. The number of likely N-dealkylation sites (tertiary alicyclic amines) is 1. The Morgan fingerprint density at radius 2 is 2.39 bits per heavy atom. The van der Waals surface area contributed by atoms with Crippen molar-refractivity contribution in [3.8, 4) is 0 Å². The molecule has 2 aliphatic rings. The molecule has 1 amide bonds. The van der Waals surface area contributed by atoms with E-state index >= 15 is 0 Å². The molecular formula is C13H16FN3O. The summed E-state index contributed by atoms with van der Waals surface area (Å²) in [7, 11) is 1.69. The van der Waals surface area contributed by atoms with Crippen molar-refractivity contribution in [3.63, 3.8) is 0 Å². The van der Waals surface area contributed by atoms with Gasteiger partial charge >= 0.3 is 0 Å². The normalized spacial score (nSPS) is 25.6. The largest absolute Gasteiger partial charge is 0.372 e. The zero-order chi connectivity index (χ0) is 12.7. The Morgan fingerprint density at radius 3 is 3.00 bits per heavy atom. The molecule has 5 heteroatoms. The van der Waals surface area contributed by atoms with Crippen molar-refractivity contribution in [2.24, 2.45) is 5.92 Å². The molecule has 0 aromatic carbocycles. The lowest BCUT2D eigenvalue weighted by Gasteiger charge is -2.27. The number of rotatable bonds is 2. The van der Waals surface area contributed by atoms with Crippen molar-refractivity contribution in [1.82, 2.24) is 9.88 Å². The third-order valence-corrected chi connectivity index (χ3v) is 3.99. The highest BCUT2D eigenvalue weighted by Gasteiger charge is 2.41. The van der Waals surface area contributed by atoms with E-state index in [2.05, 4.69) is 10.3 Å². The van der Waals surface area contributed by atoms with E-state index in [9.17, 15) is 9.18 Å². The number of carbonyl (C=O) groups excluding carboxylic acids is 1. The molecule has 2 heterocycles. The fourth-order valence-electron chi connectivity index (χ4n) is 3.13. The van der Waals surface area contributed by atoms with Gasteiger partial charge in [0.25, 0.3) is 5.91 Å². The maximum absolute atomic E-state index is 13.3. The van der Waals surface area contributed by atoms with Crippen molar-refractivity contribution in [3.05, 3.63) is 23.6 Å². The minimum absolute atomic E-state index is 0.0986. The van der Waals surface area contributed by atoms with Gasteiger partial charge in [0.05, 0.1) is 11.8 Å². The molecule has 2 fully saturated rings. The summed E-state index contributed by atoms with van der Waals surface area (Å²) in [6.07, 6.45) is 4.52. The van der Waals surface area contributed by atoms with Crippen LogP contribution in [0.2, 0.25) is 0 Å². The molecule has 4 nitrogen and oxygen atoms in total. The number of hydrogen-bond donors (Lipinski definition) is 1. The number of piperidine rings is 1. The Morgan fingerprint density at radius 1 is 1.56 bits per heavy atom. The van der Waals surface area contributed by atoms with Crippen molar-refractivity contribution < 1.29 is 9.18 Å². The van der Waals surface area contributed by atoms with Crippen LogP contribution in [0.15, 0.2) is 12.3 Å². The minimum Gasteiger partial charge on any atom is -0.372 e. The lowest BCUT2D eigenvalue weighted by molar-refractivity contribution is 0.0703. The number of fused-ring (bicyclic) bond motifs is 2. The molecule has 0 spiro atoms. The quantitative estimate of drug-likeness (QED) is 0.870. The van der Waals surface area contributed by atoms with Crippen LogP contribution in [-0.2, 0) is 0 Å². The topological polar surface area (TPSA) is 45.2 Å². The van der Waals surface area contributed by atoms with E-state index in [0.29, 0.717) is 23.3 Å². The van der Waals surface area contributed by atoms with E-state index in [1.54, 1.807) is 7.05 Å². The summed E-state index contributed by atoms with van der Waals surface area (Å²) >= 11 is 0. The minimum atomic E-state index is -0.471. The summed E-state index contributed by atoms with van der Waals surface area (Å²) in [6, 6.07) is 1.61. The second-order valence-corrected chi connectivity index (χ2v) is 5.09. The Hall–Kier alpha value is -1.65. The van der Waals surface area contributed by atoms with E-state index in [1.807, 2.05) is 4.90 Å². The highest BCUT2D eigenvalue weighted by molar-refractivity contribution is 5.99. The molecule has 1 aromatic rings. The number of amides is 1. The monoisotopic (exact) mass is 249 g/mol. The number of carbonyl (C=O) groups is 1. The summed E-state index contributed by atoms with van der Waals surface area (Å²) in [5.41, 5.74) is 0.338. The van der Waals surface area contributed by atoms with Gasteiger partial charge in [0, 0.05) is 19.6 Å². The van der Waals surface area contributed by atoms with Gasteiger partial charge in [-0.1, -0.05) is 0 Å². The summed E-state index contributed by atoms with van der Waals surface area (Å²) in [5, 5.41) is 2.85. The van der Waals surface area contributed by atoms with E-state index < -0.39 is 5.82 Å². The Bertz CT molecular complexity index is 491. The number of pyridine rings is 1. The van der Waals surface area contributed by atoms with E-state index in [4.69, 9.17) is 0 Å². The van der Waals surface area contributed by atoms with Gasteiger partial charge in [-0.3, -0.25) is 4.79 Å². The average Bonchev–Trinajstić information content (AvgIpc) is 3.00. The second-order valence-electron chi connectivity index (χ2n) is 5.09. The molecule has 1 aromatic heterocycles. The molecule has 1 saturated carbocycles. The smallest absolute Gasteiger partial charge is 0.257 e. The van der Waals surface area contributed by atoms with Gasteiger partial charge in [-0.25, -0.2) is 9.37 Å². The molecule has 18 heavy (non-hydrogen) atoms. The number of aromatic nitrogens is 1. The lowest BCUT2D eigenvalue weighted by Crippen LogP contribution is -2.38. The molecule has 1 N–H and O–H groups in total. The molecule has 2 bridgehead atoms. The third kappa shape index (κ3) is 1.74. The first kappa shape index (κ1) is 11.4. The van der Waals surface area contributed by atoms with Crippen LogP contribution in [0.3, 0.4) is 0 Å². The van der Waals surface area contributed by atoms with Crippen LogP contribution in [0.5, 0.6) is 0 Å². The van der Waals surface area contributed by atoms with Gasteiger partial charge < -0.3 is 10.2 Å². The standard InChI is InChI=1S/C13H16FN3O/c1-15-12-11(5-9(14)6-16-12)13(18)17-7-8-2-3-10(17)4-8/h5-6,8,10H,2-4,7H2,1H3,(H,15,16). The SMILES string of the molecule is CNc1ncc(F)cc1C(=O)N1CC2CCC1C2. The van der Waals surface area contributed by atoms with Gasteiger partial charge in [-0.2, -0.15) is 0 Å². The maximum atomic E-state index is 13.3. The van der Waals surface area contributed by atoms with E-state index in [0.717, 1.165) is 25.6 Å². The molecular weight excluding hydrogens is 233 g/mol. The molecule has 1 aliphatic heterocycles. The van der Waals surface area contributed by atoms with Crippen LogP contribution >= 0.6 is 0 Å². The third-order valence-electron chi connectivity index (χ3n) is 3.99. The maximum Gasteiger partial charge on any atom is 0.257 e. The van der Waals surface area contributed by atoms with E-state index in [1.165, 1.54) is 12.5 Å². The van der Waals surface area contributed by atoms with Crippen LogP contribution < -0.4 is 5.32 Å². The zero-order valence-electron chi connectivity index (χ0n) is 10.3. The summed E-state index contributed by atoms with van der Waals surface area (Å²) < 4.78 is 13.3. The predicted molar refractivity (Wildman–Crippen MR) is 65.9 cm³/mol. The first-order valence-corrected chi connectivity index (χ1v) is 6.33. The van der Waals surface area contributed by atoms with Crippen molar-refractivity contribution in [2.75, 3.05) is 18.9 Å². The van der Waals surface area contributed by atoms with Crippen molar-refractivity contribution >= 4 is 11.7 Å². The first-order valence-electron chi connectivity index (χ1n) is 6.33. The van der Waals surface area contributed by atoms with Crippen molar-refractivity contribution in [1.29, 1.82) is 0 Å². The fourth-order valence-corrected chi connectivity index (χ4v) is 3.13. The predicted octanol–water partition coefficient (Wildman–Crippen LogP) is 1.89. The molecule has 1 saturated heterocycles. The Labute approximate surface area is 105 Å². The lowest BCUT2D eigenvalue weighted by atomic mass is 10.1. The summed E-state index contributed by atoms with van der Waals surface area (Å²) in [4.78, 5) is 18.2. The van der Waals surface area contributed by atoms with Gasteiger partial charge in [-0.05, 0) is 31.2 Å². The number of anilines is 1. The summed E-state index contributed by atoms with van der Waals surface area (Å²) in [5.74, 6) is 0.517. The number of nitrogens with zero attached hydrogens (tertiary/aromatic N) is 2. The molecule has 2 unspecified atom stereocenters. The van der Waals surface area contributed by atoms with Crippen LogP contribution in [0.1, 0.15) is 29.6 Å². The number of hydrogen-bond acceptors (Lipinski definition) is 3. The number of halogens is 1. The first-order chi connectivity index (χ1) is 8.69. The van der Waals surface area contributed by atoms with Gasteiger partial charge in [-0.15, -0.1) is 0 Å². The van der Waals surface area contributed by atoms with Gasteiger partial charge in [0.2, 0.25) is 0 Å². The fraction of sp³-hybridized carbons (Fsp3) is 0.538. The van der Waals surface area contributed by atoms with Crippen LogP contribution in [0, 0.1) is 11.7 Å². The Balaban J connectivity index is 1.90. The highest BCUT2D eigenvalue weighted by Crippen LogP contribution is 2.38. The Kier molecular flexibility index (Phi) is 2.69. The highest BCUT2D eigenvalue weighted by atomic mass is 19.1. The van der Waals surface area contributed by atoms with Crippen molar-refractivity contribution in [2.45, 2.75) is 25.3 Å². The molecule has 2 atom stereocenters. The van der Waals surface area contributed by atoms with Crippen LogP contribution in [0.4, 0.5) is 10.2 Å². The second kappa shape index (κ2) is 4.23. The zero-order valence-corrected chi connectivity index (χ0v) is 10.3. The average molecular weight is 249 g/mol. The molecule has 1 aliphatic carbocycles. The van der Waals surface area contributed by atoms with Gasteiger partial charge in [0.1, 0.15) is 11.6 Å². The molecule has 3 rings (SSSR count). The van der Waals surface area contributed by atoms with E-state index in [-0.39, 0.29) is 5.91 Å². The van der Waals surface area contributed by atoms with Crippen LogP contribution in [-0.4, -0.2) is 35.4 Å².